The molecule has 0 aliphatic carbocycles. The molecule has 0 aromatic heterocycles. The van der Waals surface area contributed by atoms with Gasteiger partial charge in [0.25, 0.3) is 0 Å². The average molecular weight is 183 g/mol. The number of hydrogen-bond donors (Lipinski definition) is 1. The van der Waals surface area contributed by atoms with Crippen LogP contribution < -0.4 is 5.73 Å². The lowest BCUT2D eigenvalue weighted by molar-refractivity contribution is 0.584. The summed E-state index contributed by atoms with van der Waals surface area (Å²) in [5, 5.41) is 0. The second-order valence-electron chi connectivity index (χ2n) is 3.62. The molecule has 0 rings (SSSR count). The van der Waals surface area contributed by atoms with Crippen molar-refractivity contribution in [3.05, 3.63) is 12.2 Å². The highest BCUT2D eigenvalue weighted by Crippen LogP contribution is 2.08. The van der Waals surface area contributed by atoms with Crippen LogP contribution in [-0.2, 0) is 0 Å². The van der Waals surface area contributed by atoms with Gasteiger partial charge in [-0.3, -0.25) is 0 Å². The van der Waals surface area contributed by atoms with E-state index in [1.54, 1.807) is 0 Å². The van der Waals surface area contributed by atoms with Gasteiger partial charge in [0, 0.05) is 0 Å². The van der Waals surface area contributed by atoms with Gasteiger partial charge in [-0.2, -0.15) is 0 Å². The molecule has 0 saturated carbocycles. The Bertz CT molecular complexity index is 108. The van der Waals surface area contributed by atoms with E-state index in [2.05, 4.69) is 19.1 Å². The maximum Gasteiger partial charge on any atom is -0.00773 e. The van der Waals surface area contributed by atoms with Crippen molar-refractivity contribution in [2.45, 2.75) is 58.3 Å². The van der Waals surface area contributed by atoms with E-state index in [1.807, 2.05) is 0 Å². The van der Waals surface area contributed by atoms with E-state index < -0.39 is 0 Å². The molecule has 0 atom stereocenters. The van der Waals surface area contributed by atoms with Gasteiger partial charge in [-0.15, -0.1) is 0 Å². The monoisotopic (exact) mass is 183 g/mol. The molecule has 0 bridgehead atoms. The van der Waals surface area contributed by atoms with Crippen LogP contribution in [0.4, 0.5) is 0 Å². The number of rotatable bonds is 9. The Labute approximate surface area is 83.4 Å². The molecule has 0 spiro atoms. The zero-order valence-electron chi connectivity index (χ0n) is 9.10. The average Bonchev–Trinajstić information content (AvgIpc) is 2.16. The zero-order valence-corrected chi connectivity index (χ0v) is 9.10. The Balaban J connectivity index is 2.83. The van der Waals surface area contributed by atoms with E-state index in [9.17, 15) is 0 Å². The second-order valence-corrected chi connectivity index (χ2v) is 3.62. The third kappa shape index (κ3) is 11.7. The third-order valence-electron chi connectivity index (χ3n) is 2.31. The van der Waals surface area contributed by atoms with E-state index in [4.69, 9.17) is 5.73 Å². The van der Waals surface area contributed by atoms with Crippen LogP contribution in [0.3, 0.4) is 0 Å². The van der Waals surface area contributed by atoms with Crippen LogP contribution in [0, 0.1) is 0 Å². The van der Waals surface area contributed by atoms with Crippen LogP contribution >= 0.6 is 0 Å². The highest BCUT2D eigenvalue weighted by molar-refractivity contribution is 4.76. The minimum atomic E-state index is 0.862. The molecule has 13 heavy (non-hydrogen) atoms. The smallest absolute Gasteiger partial charge is 0.00773 e. The molecule has 0 heterocycles. The minimum Gasteiger partial charge on any atom is -0.330 e. The Kier molecular flexibility index (Phi) is 11.4. The predicted molar refractivity (Wildman–Crippen MR) is 60.8 cm³/mol. The van der Waals surface area contributed by atoms with Gasteiger partial charge in [0.1, 0.15) is 0 Å². The molecular weight excluding hydrogens is 158 g/mol. The zero-order chi connectivity index (χ0) is 9.78. The standard InChI is InChI=1S/C12H25N/c1-2-3-4-5-6-7-8-9-10-11-12-13/h2-3H,4-13H2,1H3. The first kappa shape index (κ1) is 12.7. The molecule has 0 aliphatic heterocycles. The molecule has 0 aliphatic rings. The number of nitrogens with two attached hydrogens (primary N) is 1. The molecule has 0 amide bonds. The van der Waals surface area contributed by atoms with Crippen LogP contribution in [0.15, 0.2) is 12.2 Å². The van der Waals surface area contributed by atoms with E-state index in [1.165, 1.54) is 51.4 Å². The second kappa shape index (κ2) is 11.7. The summed E-state index contributed by atoms with van der Waals surface area (Å²) in [6.07, 6.45) is 15.1. The van der Waals surface area contributed by atoms with Crippen molar-refractivity contribution in [3.63, 3.8) is 0 Å². The van der Waals surface area contributed by atoms with E-state index in [-0.39, 0.29) is 0 Å². The molecule has 1 nitrogen and oxygen atoms in total. The summed E-state index contributed by atoms with van der Waals surface area (Å²) in [6, 6.07) is 0. The minimum absolute atomic E-state index is 0.862. The van der Waals surface area contributed by atoms with Crippen molar-refractivity contribution in [1.82, 2.24) is 0 Å². The number of hydrogen-bond acceptors (Lipinski definition) is 1. The molecule has 0 aromatic rings. The van der Waals surface area contributed by atoms with Gasteiger partial charge in [0.15, 0.2) is 0 Å². The molecule has 0 aromatic carbocycles. The lowest BCUT2D eigenvalue weighted by Gasteiger charge is -1.99. The predicted octanol–water partition coefficient (Wildman–Crippen LogP) is 3.64. The van der Waals surface area contributed by atoms with E-state index in [0.29, 0.717) is 0 Å². The normalized spacial score (nSPS) is 11.2. The van der Waals surface area contributed by atoms with Gasteiger partial charge in [-0.1, -0.05) is 44.3 Å². The van der Waals surface area contributed by atoms with Crippen LogP contribution in [0.1, 0.15) is 58.3 Å². The molecule has 0 saturated heterocycles. The molecule has 0 radical (unpaired) electrons. The van der Waals surface area contributed by atoms with Gasteiger partial charge < -0.3 is 5.73 Å². The maximum absolute atomic E-state index is 5.42. The van der Waals surface area contributed by atoms with Crippen molar-refractivity contribution in [2.75, 3.05) is 6.54 Å². The van der Waals surface area contributed by atoms with Crippen molar-refractivity contribution in [1.29, 1.82) is 0 Å². The Morgan fingerprint density at radius 3 is 1.92 bits per heavy atom. The summed E-state index contributed by atoms with van der Waals surface area (Å²) < 4.78 is 0. The molecule has 2 N–H and O–H groups in total. The summed E-state index contributed by atoms with van der Waals surface area (Å²) in [6.45, 7) is 2.95. The van der Waals surface area contributed by atoms with Gasteiger partial charge in [-0.05, 0) is 32.7 Å². The highest BCUT2D eigenvalue weighted by atomic mass is 14.5. The first-order valence-electron chi connectivity index (χ1n) is 5.73. The summed E-state index contributed by atoms with van der Waals surface area (Å²) in [5.41, 5.74) is 5.42. The van der Waals surface area contributed by atoms with Crippen molar-refractivity contribution in [3.8, 4) is 0 Å². The SMILES string of the molecule is CC=CCCCCCCCCCN. The van der Waals surface area contributed by atoms with Gasteiger partial charge in [0.05, 0.1) is 0 Å². The Hall–Kier alpha value is -0.300. The fourth-order valence-electron chi connectivity index (χ4n) is 1.46. The lowest BCUT2D eigenvalue weighted by atomic mass is 10.1. The largest absolute Gasteiger partial charge is 0.330 e. The Morgan fingerprint density at radius 2 is 1.38 bits per heavy atom. The van der Waals surface area contributed by atoms with Crippen molar-refractivity contribution in [2.24, 2.45) is 5.73 Å². The molecule has 0 unspecified atom stereocenters. The summed E-state index contributed by atoms with van der Waals surface area (Å²) in [4.78, 5) is 0. The number of unbranched alkanes of at least 4 members (excludes halogenated alkanes) is 7. The van der Waals surface area contributed by atoms with Gasteiger partial charge >= 0.3 is 0 Å². The van der Waals surface area contributed by atoms with Crippen molar-refractivity contribution < 1.29 is 0 Å². The molecule has 1 heteroatoms. The first-order valence-corrected chi connectivity index (χ1v) is 5.73. The summed E-state index contributed by atoms with van der Waals surface area (Å²) in [7, 11) is 0. The number of allylic oxidation sites excluding steroid dienone is 2. The van der Waals surface area contributed by atoms with Crippen LogP contribution in [0.2, 0.25) is 0 Å². The molecule has 78 valence electrons. The van der Waals surface area contributed by atoms with E-state index in [0.717, 1.165) is 6.54 Å². The Morgan fingerprint density at radius 1 is 0.846 bits per heavy atom. The topological polar surface area (TPSA) is 26.0 Å². The third-order valence-corrected chi connectivity index (χ3v) is 2.31. The fourth-order valence-corrected chi connectivity index (χ4v) is 1.46. The lowest BCUT2D eigenvalue weighted by Crippen LogP contribution is -1.97. The fraction of sp³-hybridized carbons (Fsp3) is 0.833. The van der Waals surface area contributed by atoms with Crippen molar-refractivity contribution >= 4 is 0 Å². The van der Waals surface area contributed by atoms with Gasteiger partial charge in [0.2, 0.25) is 0 Å². The first-order chi connectivity index (χ1) is 6.41. The maximum atomic E-state index is 5.42. The quantitative estimate of drug-likeness (QED) is 0.428. The van der Waals surface area contributed by atoms with Gasteiger partial charge in [-0.25, -0.2) is 0 Å². The molecule has 0 fully saturated rings. The van der Waals surface area contributed by atoms with Crippen LogP contribution in [0.5, 0.6) is 0 Å². The van der Waals surface area contributed by atoms with E-state index >= 15 is 0 Å². The van der Waals surface area contributed by atoms with Crippen LogP contribution in [-0.4, -0.2) is 6.54 Å². The van der Waals surface area contributed by atoms with Crippen LogP contribution in [0.25, 0.3) is 0 Å². The summed E-state index contributed by atoms with van der Waals surface area (Å²) >= 11 is 0. The highest BCUT2D eigenvalue weighted by Gasteiger charge is 1.89. The summed E-state index contributed by atoms with van der Waals surface area (Å²) in [5.74, 6) is 0. The molecular formula is C12H25N.